The minimum absolute atomic E-state index is 0.0742. The van der Waals surface area contributed by atoms with Gasteiger partial charge >= 0.3 is 5.97 Å². The summed E-state index contributed by atoms with van der Waals surface area (Å²) in [5.41, 5.74) is 0.512. The highest BCUT2D eigenvalue weighted by Gasteiger charge is 2.19. The number of methoxy groups -OCH3 is 1. The van der Waals surface area contributed by atoms with Gasteiger partial charge in [-0.15, -0.1) is 0 Å². The van der Waals surface area contributed by atoms with E-state index in [1.807, 2.05) is 0 Å². The van der Waals surface area contributed by atoms with Crippen molar-refractivity contribution in [2.24, 2.45) is 0 Å². The van der Waals surface area contributed by atoms with Crippen molar-refractivity contribution in [3.05, 3.63) is 45.7 Å². The first-order valence-corrected chi connectivity index (χ1v) is 6.98. The molecule has 4 nitrogen and oxygen atoms in total. The number of anilines is 1. The summed E-state index contributed by atoms with van der Waals surface area (Å²) in [6.45, 7) is 1.80. The van der Waals surface area contributed by atoms with Gasteiger partial charge in [0.1, 0.15) is 5.82 Å². The van der Waals surface area contributed by atoms with Crippen molar-refractivity contribution in [1.29, 1.82) is 0 Å². The van der Waals surface area contributed by atoms with E-state index >= 15 is 0 Å². The van der Waals surface area contributed by atoms with Crippen LogP contribution in [0.1, 0.15) is 28.2 Å². The molecule has 2 rings (SSSR count). The van der Waals surface area contributed by atoms with Crippen LogP contribution in [0.2, 0.25) is 5.15 Å². The first-order valence-electron chi connectivity index (χ1n) is 5.78. The predicted octanol–water partition coefficient (Wildman–Crippen LogP) is 3.90. The van der Waals surface area contributed by atoms with Gasteiger partial charge in [-0.2, -0.15) is 0 Å². The van der Waals surface area contributed by atoms with E-state index < -0.39 is 5.97 Å². The first-order chi connectivity index (χ1) is 9.52. The second-order valence-corrected chi connectivity index (χ2v) is 5.38. The Morgan fingerprint density at radius 1 is 1.50 bits per heavy atom. The Labute approximate surface area is 124 Å². The minimum Gasteiger partial charge on any atom is -0.465 e. The molecule has 1 N–H and O–H groups in total. The zero-order valence-electron chi connectivity index (χ0n) is 10.8. The summed E-state index contributed by atoms with van der Waals surface area (Å²) in [6, 6.07) is 6.15. The van der Waals surface area contributed by atoms with Crippen LogP contribution in [0.4, 0.5) is 9.52 Å². The van der Waals surface area contributed by atoms with E-state index in [9.17, 15) is 9.18 Å². The molecular weight excluding hydrogens is 303 g/mol. The maximum Gasteiger partial charge on any atom is 0.351 e. The number of carbonyl (C=O) groups is 1. The van der Waals surface area contributed by atoms with Gasteiger partial charge < -0.3 is 10.1 Å². The lowest BCUT2D eigenvalue weighted by Crippen LogP contribution is -2.08. The highest BCUT2D eigenvalue weighted by atomic mass is 35.5. The Hall–Kier alpha value is -1.66. The quantitative estimate of drug-likeness (QED) is 0.870. The molecule has 1 atom stereocenters. The highest BCUT2D eigenvalue weighted by Crippen LogP contribution is 2.30. The van der Waals surface area contributed by atoms with Crippen LogP contribution in [-0.2, 0) is 4.74 Å². The summed E-state index contributed by atoms with van der Waals surface area (Å²) >= 11 is 6.93. The number of rotatable bonds is 4. The van der Waals surface area contributed by atoms with Gasteiger partial charge in [-0.3, -0.25) is 0 Å². The Morgan fingerprint density at radius 3 is 2.85 bits per heavy atom. The highest BCUT2D eigenvalue weighted by molar-refractivity contribution is 7.18. The average Bonchev–Trinajstić information content (AvgIpc) is 2.79. The van der Waals surface area contributed by atoms with Gasteiger partial charge in [-0.05, 0) is 13.0 Å². The monoisotopic (exact) mass is 314 g/mol. The Kier molecular flexibility index (Phi) is 4.57. The largest absolute Gasteiger partial charge is 0.465 e. The van der Waals surface area contributed by atoms with Gasteiger partial charge in [-0.25, -0.2) is 14.2 Å². The van der Waals surface area contributed by atoms with Crippen LogP contribution in [0, 0.1) is 5.82 Å². The van der Waals surface area contributed by atoms with Gasteiger partial charge in [0, 0.05) is 5.56 Å². The van der Waals surface area contributed by atoms with Crippen molar-refractivity contribution in [3.63, 3.8) is 0 Å². The fourth-order valence-electron chi connectivity index (χ4n) is 1.67. The first kappa shape index (κ1) is 14.7. The third kappa shape index (κ3) is 3.08. The molecular formula is C13H12ClFN2O2S. The molecule has 0 radical (unpaired) electrons. The second-order valence-electron chi connectivity index (χ2n) is 4.02. The molecule has 2 aromatic rings. The number of benzene rings is 1. The molecule has 7 heteroatoms. The van der Waals surface area contributed by atoms with Crippen LogP contribution in [0.3, 0.4) is 0 Å². The van der Waals surface area contributed by atoms with Crippen molar-refractivity contribution >= 4 is 34.0 Å². The average molecular weight is 315 g/mol. The van der Waals surface area contributed by atoms with E-state index in [4.69, 9.17) is 11.6 Å². The lowest BCUT2D eigenvalue weighted by molar-refractivity contribution is 0.0606. The molecule has 0 spiro atoms. The Bertz CT molecular complexity index is 633. The Balaban J connectivity index is 2.18. The van der Waals surface area contributed by atoms with Gasteiger partial charge in [0.15, 0.2) is 15.2 Å². The van der Waals surface area contributed by atoms with Crippen LogP contribution >= 0.6 is 22.9 Å². The van der Waals surface area contributed by atoms with E-state index in [1.54, 1.807) is 25.1 Å². The van der Waals surface area contributed by atoms with Crippen molar-refractivity contribution < 1.29 is 13.9 Å². The van der Waals surface area contributed by atoms with Crippen molar-refractivity contribution in [1.82, 2.24) is 4.98 Å². The fraction of sp³-hybridized carbons (Fsp3) is 0.231. The second kappa shape index (κ2) is 6.19. The van der Waals surface area contributed by atoms with Gasteiger partial charge in [-0.1, -0.05) is 41.1 Å². The van der Waals surface area contributed by atoms with E-state index in [2.05, 4.69) is 15.0 Å². The van der Waals surface area contributed by atoms with E-state index in [1.165, 1.54) is 13.2 Å². The SMILES string of the molecule is COC(=O)c1sc(NC(C)c2ccccc2F)nc1Cl. The summed E-state index contributed by atoms with van der Waals surface area (Å²) in [7, 11) is 1.27. The minimum atomic E-state index is -0.543. The third-order valence-electron chi connectivity index (χ3n) is 2.67. The van der Waals surface area contributed by atoms with Gasteiger partial charge in [0.05, 0.1) is 13.2 Å². The molecule has 1 heterocycles. The third-order valence-corrected chi connectivity index (χ3v) is 4.02. The summed E-state index contributed by atoms with van der Waals surface area (Å²) < 4.78 is 18.3. The maximum atomic E-state index is 13.7. The summed E-state index contributed by atoms with van der Waals surface area (Å²) in [4.78, 5) is 15.7. The fourth-order valence-corrected chi connectivity index (χ4v) is 2.86. The molecule has 0 aliphatic rings. The van der Waals surface area contributed by atoms with Crippen molar-refractivity contribution in [2.75, 3.05) is 12.4 Å². The zero-order chi connectivity index (χ0) is 14.7. The lowest BCUT2D eigenvalue weighted by atomic mass is 10.1. The van der Waals surface area contributed by atoms with Gasteiger partial charge in [0.2, 0.25) is 0 Å². The normalized spacial score (nSPS) is 12.0. The summed E-state index contributed by atoms with van der Waals surface area (Å²) in [5.74, 6) is -0.845. The molecule has 1 unspecified atom stereocenters. The van der Waals surface area contributed by atoms with Crippen LogP contribution in [0.5, 0.6) is 0 Å². The number of ether oxygens (including phenoxy) is 1. The maximum absolute atomic E-state index is 13.7. The van der Waals surface area contributed by atoms with Crippen LogP contribution in [-0.4, -0.2) is 18.1 Å². The lowest BCUT2D eigenvalue weighted by Gasteiger charge is -2.13. The molecule has 0 bridgehead atoms. The molecule has 0 saturated carbocycles. The van der Waals surface area contributed by atoms with Crippen molar-refractivity contribution in [3.8, 4) is 0 Å². The topological polar surface area (TPSA) is 51.2 Å². The van der Waals surface area contributed by atoms with Crippen LogP contribution in [0.15, 0.2) is 24.3 Å². The van der Waals surface area contributed by atoms with E-state index in [0.717, 1.165) is 11.3 Å². The number of thiazole rings is 1. The molecule has 1 aromatic heterocycles. The summed E-state index contributed by atoms with van der Waals surface area (Å²) in [5, 5.41) is 3.52. The number of esters is 1. The molecule has 0 aliphatic carbocycles. The van der Waals surface area contributed by atoms with E-state index in [-0.39, 0.29) is 21.9 Å². The molecule has 0 amide bonds. The molecule has 0 aliphatic heterocycles. The van der Waals surface area contributed by atoms with Gasteiger partial charge in [0.25, 0.3) is 0 Å². The smallest absolute Gasteiger partial charge is 0.351 e. The Morgan fingerprint density at radius 2 is 2.20 bits per heavy atom. The molecule has 0 fully saturated rings. The summed E-state index contributed by atoms with van der Waals surface area (Å²) in [6.07, 6.45) is 0. The number of hydrogen-bond donors (Lipinski definition) is 1. The molecule has 0 saturated heterocycles. The number of aromatic nitrogens is 1. The standard InChI is InChI=1S/C13H12ClFN2O2S/c1-7(8-5-3-4-6-9(8)15)16-13-17-11(14)10(20-13)12(18)19-2/h3-7H,1-2H3,(H,16,17). The number of nitrogens with one attached hydrogen (secondary N) is 1. The number of halogens is 2. The molecule has 20 heavy (non-hydrogen) atoms. The molecule has 1 aromatic carbocycles. The molecule has 106 valence electrons. The predicted molar refractivity (Wildman–Crippen MR) is 76.9 cm³/mol. The number of carbonyl (C=O) groups excluding carboxylic acids is 1. The number of nitrogens with zero attached hydrogens (tertiary/aromatic N) is 1. The van der Waals surface area contributed by atoms with E-state index in [0.29, 0.717) is 10.7 Å². The van der Waals surface area contributed by atoms with Crippen LogP contribution < -0.4 is 5.32 Å². The zero-order valence-corrected chi connectivity index (χ0v) is 12.4. The van der Waals surface area contributed by atoms with Crippen molar-refractivity contribution in [2.45, 2.75) is 13.0 Å². The van der Waals surface area contributed by atoms with Crippen LogP contribution in [0.25, 0.3) is 0 Å². The number of hydrogen-bond acceptors (Lipinski definition) is 5.